The molecule has 146 valence electrons. The van der Waals surface area contributed by atoms with Gasteiger partial charge in [-0.05, 0) is 18.4 Å². The second-order valence-corrected chi connectivity index (χ2v) is 7.27. The molecule has 7 heteroatoms. The monoisotopic (exact) mass is 372 g/mol. The van der Waals surface area contributed by atoms with E-state index < -0.39 is 0 Å². The molecule has 0 saturated carbocycles. The Morgan fingerprint density at radius 3 is 2.04 bits per heavy atom. The maximum absolute atomic E-state index is 12.7. The van der Waals surface area contributed by atoms with E-state index in [2.05, 4.69) is 5.32 Å². The number of rotatable bonds is 3. The van der Waals surface area contributed by atoms with E-state index in [9.17, 15) is 14.4 Å². The zero-order valence-electron chi connectivity index (χ0n) is 15.9. The largest absolute Gasteiger partial charge is 0.353 e. The van der Waals surface area contributed by atoms with E-state index in [0.29, 0.717) is 45.7 Å². The Balaban J connectivity index is 1.40. The number of likely N-dealkylation sites (tertiary alicyclic amines) is 1. The highest BCUT2D eigenvalue weighted by atomic mass is 16.2. The molecular weight excluding hydrogens is 344 g/mol. The first-order valence-corrected chi connectivity index (χ1v) is 9.65. The van der Waals surface area contributed by atoms with Crippen LogP contribution in [0.1, 0.15) is 25.3 Å². The van der Waals surface area contributed by atoms with Gasteiger partial charge < -0.3 is 20.0 Å². The number of urea groups is 1. The Labute approximate surface area is 160 Å². The van der Waals surface area contributed by atoms with Crippen molar-refractivity contribution < 1.29 is 14.4 Å². The van der Waals surface area contributed by atoms with Crippen molar-refractivity contribution in [1.82, 2.24) is 20.0 Å². The van der Waals surface area contributed by atoms with E-state index in [1.165, 1.54) is 0 Å². The third-order valence-corrected chi connectivity index (χ3v) is 5.33. The molecule has 1 aromatic rings. The first kappa shape index (κ1) is 19.2. The second kappa shape index (κ2) is 8.88. The van der Waals surface area contributed by atoms with Crippen LogP contribution in [0.3, 0.4) is 0 Å². The first-order chi connectivity index (χ1) is 13.0. The van der Waals surface area contributed by atoms with Crippen molar-refractivity contribution in [2.45, 2.75) is 32.2 Å². The summed E-state index contributed by atoms with van der Waals surface area (Å²) >= 11 is 0. The Kier molecular flexibility index (Phi) is 6.32. The summed E-state index contributed by atoms with van der Waals surface area (Å²) in [6.07, 6.45) is 1.94. The fourth-order valence-electron chi connectivity index (χ4n) is 3.69. The maximum atomic E-state index is 12.7. The lowest BCUT2D eigenvalue weighted by molar-refractivity contribution is -0.130. The average molecular weight is 372 g/mol. The highest BCUT2D eigenvalue weighted by Crippen LogP contribution is 2.14. The van der Waals surface area contributed by atoms with Gasteiger partial charge in [0, 0.05) is 52.2 Å². The summed E-state index contributed by atoms with van der Waals surface area (Å²) in [4.78, 5) is 41.7. The van der Waals surface area contributed by atoms with Crippen molar-refractivity contribution in [2.24, 2.45) is 0 Å². The van der Waals surface area contributed by atoms with Gasteiger partial charge in [-0.1, -0.05) is 30.3 Å². The lowest BCUT2D eigenvalue weighted by Gasteiger charge is -2.39. The summed E-state index contributed by atoms with van der Waals surface area (Å²) in [7, 11) is 0. The first-order valence-electron chi connectivity index (χ1n) is 9.65. The van der Waals surface area contributed by atoms with Crippen LogP contribution in [-0.2, 0) is 16.0 Å². The Morgan fingerprint density at radius 2 is 1.44 bits per heavy atom. The van der Waals surface area contributed by atoms with Crippen LogP contribution < -0.4 is 5.32 Å². The van der Waals surface area contributed by atoms with Crippen molar-refractivity contribution in [3.05, 3.63) is 35.9 Å². The molecule has 2 saturated heterocycles. The molecule has 0 radical (unpaired) electrons. The molecule has 2 fully saturated rings. The van der Waals surface area contributed by atoms with Crippen LogP contribution in [-0.4, -0.2) is 77.9 Å². The van der Waals surface area contributed by atoms with Gasteiger partial charge in [-0.25, -0.2) is 4.79 Å². The van der Waals surface area contributed by atoms with Gasteiger partial charge in [0.2, 0.25) is 11.8 Å². The topological polar surface area (TPSA) is 73.0 Å². The molecule has 7 nitrogen and oxygen atoms in total. The molecule has 4 amide bonds. The van der Waals surface area contributed by atoms with Crippen LogP contribution in [0.2, 0.25) is 0 Å². The SMILES string of the molecule is CC(=O)N1CCN(C(=O)N2CCC(NC(=O)Cc3ccccc3)CC2)CC1. The summed E-state index contributed by atoms with van der Waals surface area (Å²) in [5, 5.41) is 3.09. The lowest BCUT2D eigenvalue weighted by atomic mass is 10.0. The molecule has 0 aliphatic carbocycles. The van der Waals surface area contributed by atoms with Gasteiger partial charge in [0.05, 0.1) is 6.42 Å². The number of nitrogens with zero attached hydrogens (tertiary/aromatic N) is 3. The normalized spacial score (nSPS) is 18.3. The molecule has 0 unspecified atom stereocenters. The minimum Gasteiger partial charge on any atom is -0.353 e. The Morgan fingerprint density at radius 1 is 0.889 bits per heavy atom. The predicted octanol–water partition coefficient (Wildman–Crippen LogP) is 1.09. The molecule has 0 atom stereocenters. The molecule has 2 aliphatic heterocycles. The fraction of sp³-hybridized carbons (Fsp3) is 0.550. The number of nitrogens with one attached hydrogen (secondary N) is 1. The summed E-state index contributed by atoms with van der Waals surface area (Å²) in [5.41, 5.74) is 1.01. The van der Waals surface area contributed by atoms with Crippen molar-refractivity contribution in [3.63, 3.8) is 0 Å². The third-order valence-electron chi connectivity index (χ3n) is 5.33. The molecule has 3 rings (SSSR count). The van der Waals surface area contributed by atoms with E-state index >= 15 is 0 Å². The van der Waals surface area contributed by atoms with Crippen LogP contribution in [0.4, 0.5) is 4.79 Å². The number of piperazine rings is 1. The Hall–Kier alpha value is -2.57. The molecular formula is C20H28N4O3. The number of amides is 4. The molecule has 0 aromatic heterocycles. The number of piperidine rings is 1. The van der Waals surface area contributed by atoms with Gasteiger partial charge in [-0.2, -0.15) is 0 Å². The lowest BCUT2D eigenvalue weighted by Crippen LogP contribution is -2.56. The zero-order chi connectivity index (χ0) is 19.2. The van der Waals surface area contributed by atoms with Gasteiger partial charge in [-0.15, -0.1) is 0 Å². The van der Waals surface area contributed by atoms with E-state index in [-0.39, 0.29) is 23.9 Å². The maximum Gasteiger partial charge on any atom is 0.320 e. The zero-order valence-corrected chi connectivity index (χ0v) is 15.9. The smallest absolute Gasteiger partial charge is 0.320 e. The van der Waals surface area contributed by atoms with Crippen molar-refractivity contribution in [3.8, 4) is 0 Å². The van der Waals surface area contributed by atoms with Gasteiger partial charge in [-0.3, -0.25) is 9.59 Å². The van der Waals surface area contributed by atoms with E-state index in [1.807, 2.05) is 40.1 Å². The van der Waals surface area contributed by atoms with Crippen LogP contribution in [0.15, 0.2) is 30.3 Å². The second-order valence-electron chi connectivity index (χ2n) is 7.27. The van der Waals surface area contributed by atoms with Crippen molar-refractivity contribution in [2.75, 3.05) is 39.3 Å². The predicted molar refractivity (Wildman–Crippen MR) is 102 cm³/mol. The highest BCUT2D eigenvalue weighted by Gasteiger charge is 2.29. The van der Waals surface area contributed by atoms with Crippen molar-refractivity contribution in [1.29, 1.82) is 0 Å². The molecule has 1 aromatic carbocycles. The summed E-state index contributed by atoms with van der Waals surface area (Å²) in [6, 6.07) is 9.88. The molecule has 1 N–H and O–H groups in total. The van der Waals surface area contributed by atoms with Crippen molar-refractivity contribution >= 4 is 17.8 Å². The van der Waals surface area contributed by atoms with Crippen LogP contribution in [0.25, 0.3) is 0 Å². The molecule has 0 bridgehead atoms. The van der Waals surface area contributed by atoms with Crippen LogP contribution in [0, 0.1) is 0 Å². The molecule has 0 spiro atoms. The molecule has 27 heavy (non-hydrogen) atoms. The summed E-state index contributed by atoms with van der Waals surface area (Å²) < 4.78 is 0. The van der Waals surface area contributed by atoms with E-state index in [4.69, 9.17) is 0 Å². The number of hydrogen-bond donors (Lipinski definition) is 1. The van der Waals surface area contributed by atoms with Gasteiger partial charge in [0.25, 0.3) is 0 Å². The van der Waals surface area contributed by atoms with Crippen LogP contribution >= 0.6 is 0 Å². The number of carbonyl (C=O) groups is 3. The highest BCUT2D eigenvalue weighted by molar-refractivity contribution is 5.79. The standard InChI is InChI=1S/C20H28N4O3/c1-16(25)22-11-13-24(14-12-22)20(27)23-9-7-18(8-10-23)21-19(26)15-17-5-3-2-4-6-17/h2-6,18H,7-15H2,1H3,(H,21,26). The Bertz CT molecular complexity index is 663. The number of hydrogen-bond acceptors (Lipinski definition) is 3. The fourth-order valence-corrected chi connectivity index (χ4v) is 3.69. The number of benzene rings is 1. The van der Waals surface area contributed by atoms with Gasteiger partial charge >= 0.3 is 6.03 Å². The van der Waals surface area contributed by atoms with E-state index in [0.717, 1.165) is 18.4 Å². The van der Waals surface area contributed by atoms with E-state index in [1.54, 1.807) is 11.8 Å². The molecule has 2 aliphatic rings. The van der Waals surface area contributed by atoms with Gasteiger partial charge in [0.15, 0.2) is 0 Å². The minimum atomic E-state index is 0.0336. The van der Waals surface area contributed by atoms with Gasteiger partial charge in [0.1, 0.15) is 0 Å². The number of carbonyl (C=O) groups excluding carboxylic acids is 3. The summed E-state index contributed by atoms with van der Waals surface area (Å²) in [6.45, 7) is 5.26. The third kappa shape index (κ3) is 5.21. The average Bonchev–Trinajstić information content (AvgIpc) is 2.69. The quantitative estimate of drug-likeness (QED) is 0.863. The minimum absolute atomic E-state index is 0.0336. The molecule has 2 heterocycles. The summed E-state index contributed by atoms with van der Waals surface area (Å²) in [5.74, 6) is 0.0977. The van der Waals surface area contributed by atoms with Crippen LogP contribution in [0.5, 0.6) is 0 Å².